The minimum Gasteiger partial charge on any atom is -0.396 e. The Bertz CT molecular complexity index is 631. The molecule has 2 rings (SSSR count). The molecule has 1 atom stereocenters. The molecule has 2 amide bonds. The van der Waals surface area contributed by atoms with E-state index in [0.717, 1.165) is 12.1 Å². The Morgan fingerprint density at radius 1 is 1.38 bits per heavy atom. The molecule has 1 aromatic carbocycles. The third-order valence-electron chi connectivity index (χ3n) is 3.83. The molecule has 1 aliphatic heterocycles. The molecule has 1 aromatic rings. The predicted octanol–water partition coefficient (Wildman–Crippen LogP) is 2.33. The van der Waals surface area contributed by atoms with E-state index in [1.54, 1.807) is 6.92 Å². The van der Waals surface area contributed by atoms with Crippen LogP contribution in [0.1, 0.15) is 42.1 Å². The summed E-state index contributed by atoms with van der Waals surface area (Å²) in [6.07, 6.45) is -3.47. The first kappa shape index (κ1) is 18.3. The van der Waals surface area contributed by atoms with Crippen molar-refractivity contribution in [1.29, 1.82) is 0 Å². The fourth-order valence-corrected chi connectivity index (χ4v) is 2.56. The lowest BCUT2D eigenvalue weighted by atomic mass is 10.1. The van der Waals surface area contributed by atoms with Crippen LogP contribution in [-0.4, -0.2) is 36.1 Å². The van der Waals surface area contributed by atoms with Crippen LogP contribution < -0.4 is 10.2 Å². The van der Waals surface area contributed by atoms with E-state index in [-0.39, 0.29) is 36.2 Å². The maximum atomic E-state index is 13.1. The van der Waals surface area contributed by atoms with Crippen LogP contribution in [0.25, 0.3) is 0 Å². The van der Waals surface area contributed by atoms with Crippen molar-refractivity contribution in [1.82, 2.24) is 5.32 Å². The summed E-state index contributed by atoms with van der Waals surface area (Å²) < 4.78 is 39.3. The second-order valence-electron chi connectivity index (χ2n) is 5.80. The molecule has 0 spiro atoms. The standard InChI is InChI=1S/C16H19F3N2O3/c1-10(4-6-22)20-15(24)11-7-12(16(17,18)19)9-13(8-11)21-5-2-3-14(21)23/h7-10,22H,2-6H2,1H3,(H,20,24). The van der Waals surface area contributed by atoms with Gasteiger partial charge in [0.2, 0.25) is 5.91 Å². The van der Waals surface area contributed by atoms with Gasteiger partial charge in [-0.15, -0.1) is 0 Å². The lowest BCUT2D eigenvalue weighted by molar-refractivity contribution is -0.137. The van der Waals surface area contributed by atoms with Crippen molar-refractivity contribution >= 4 is 17.5 Å². The van der Waals surface area contributed by atoms with Gasteiger partial charge in [-0.3, -0.25) is 9.59 Å². The second-order valence-corrected chi connectivity index (χ2v) is 5.80. The minimum atomic E-state index is -4.62. The maximum absolute atomic E-state index is 13.1. The van der Waals surface area contributed by atoms with Crippen LogP contribution in [0.2, 0.25) is 0 Å². The van der Waals surface area contributed by atoms with E-state index in [1.807, 2.05) is 0 Å². The monoisotopic (exact) mass is 344 g/mol. The largest absolute Gasteiger partial charge is 0.416 e. The van der Waals surface area contributed by atoms with Crippen molar-refractivity contribution in [3.05, 3.63) is 29.3 Å². The van der Waals surface area contributed by atoms with Gasteiger partial charge in [0, 0.05) is 36.9 Å². The fourth-order valence-electron chi connectivity index (χ4n) is 2.56. The summed E-state index contributed by atoms with van der Waals surface area (Å²) >= 11 is 0. The van der Waals surface area contributed by atoms with Gasteiger partial charge in [0.05, 0.1) is 5.56 Å². The van der Waals surface area contributed by atoms with Gasteiger partial charge in [0.15, 0.2) is 0 Å². The highest BCUT2D eigenvalue weighted by Crippen LogP contribution is 2.34. The van der Waals surface area contributed by atoms with Crippen LogP contribution >= 0.6 is 0 Å². The number of hydrogen-bond donors (Lipinski definition) is 2. The van der Waals surface area contributed by atoms with Gasteiger partial charge in [-0.2, -0.15) is 13.2 Å². The van der Waals surface area contributed by atoms with E-state index in [1.165, 1.54) is 11.0 Å². The zero-order valence-electron chi connectivity index (χ0n) is 13.2. The number of carbonyl (C=O) groups is 2. The first-order valence-electron chi connectivity index (χ1n) is 7.66. The van der Waals surface area contributed by atoms with E-state index >= 15 is 0 Å². The summed E-state index contributed by atoms with van der Waals surface area (Å²) in [5, 5.41) is 11.4. The normalized spacial score (nSPS) is 16.4. The summed E-state index contributed by atoms with van der Waals surface area (Å²) in [7, 11) is 0. The molecule has 0 aliphatic carbocycles. The van der Waals surface area contributed by atoms with E-state index < -0.39 is 17.6 Å². The van der Waals surface area contributed by atoms with Gasteiger partial charge < -0.3 is 15.3 Å². The van der Waals surface area contributed by atoms with Crippen LogP contribution in [0.5, 0.6) is 0 Å². The number of aliphatic hydroxyl groups is 1. The van der Waals surface area contributed by atoms with Crippen LogP contribution in [-0.2, 0) is 11.0 Å². The van der Waals surface area contributed by atoms with Crippen molar-refractivity contribution in [2.75, 3.05) is 18.1 Å². The molecule has 1 fully saturated rings. The van der Waals surface area contributed by atoms with Gasteiger partial charge in [-0.1, -0.05) is 0 Å². The Morgan fingerprint density at radius 3 is 2.62 bits per heavy atom. The highest BCUT2D eigenvalue weighted by Gasteiger charge is 2.33. The average molecular weight is 344 g/mol. The summed E-state index contributed by atoms with van der Waals surface area (Å²) in [6.45, 7) is 1.84. The number of nitrogens with one attached hydrogen (secondary N) is 1. The molecule has 8 heteroatoms. The molecule has 1 heterocycles. The lowest BCUT2D eigenvalue weighted by Crippen LogP contribution is -2.33. The van der Waals surface area contributed by atoms with Crippen molar-refractivity contribution in [2.24, 2.45) is 0 Å². The molecule has 1 unspecified atom stereocenters. The van der Waals surface area contributed by atoms with Gasteiger partial charge in [-0.25, -0.2) is 0 Å². The first-order chi connectivity index (χ1) is 11.2. The van der Waals surface area contributed by atoms with E-state index in [4.69, 9.17) is 5.11 Å². The smallest absolute Gasteiger partial charge is 0.396 e. The van der Waals surface area contributed by atoms with Crippen molar-refractivity contribution in [3.8, 4) is 0 Å². The van der Waals surface area contributed by atoms with Gasteiger partial charge in [-0.05, 0) is 38.0 Å². The minimum absolute atomic E-state index is 0.0762. The Kier molecular flexibility index (Phi) is 5.48. The number of rotatable bonds is 5. The van der Waals surface area contributed by atoms with Gasteiger partial charge in [0.25, 0.3) is 5.91 Å². The molecular weight excluding hydrogens is 325 g/mol. The Labute approximate surface area is 137 Å². The topological polar surface area (TPSA) is 69.6 Å². The molecule has 1 saturated heterocycles. The predicted molar refractivity (Wildman–Crippen MR) is 81.7 cm³/mol. The number of benzene rings is 1. The molecule has 1 aliphatic rings. The third kappa shape index (κ3) is 4.25. The van der Waals surface area contributed by atoms with Crippen LogP contribution in [0.15, 0.2) is 18.2 Å². The average Bonchev–Trinajstić information content (AvgIpc) is 2.92. The fraction of sp³-hybridized carbons (Fsp3) is 0.500. The number of amides is 2. The summed E-state index contributed by atoms with van der Waals surface area (Å²) in [6, 6.07) is 2.57. The molecule has 0 radical (unpaired) electrons. The Morgan fingerprint density at radius 2 is 2.08 bits per heavy atom. The van der Waals surface area contributed by atoms with Crippen molar-refractivity contribution < 1.29 is 27.9 Å². The van der Waals surface area contributed by atoms with Crippen molar-refractivity contribution in [3.63, 3.8) is 0 Å². The highest BCUT2D eigenvalue weighted by atomic mass is 19.4. The van der Waals surface area contributed by atoms with Crippen molar-refractivity contribution in [2.45, 2.75) is 38.4 Å². The van der Waals surface area contributed by atoms with Gasteiger partial charge in [0.1, 0.15) is 0 Å². The molecule has 0 saturated carbocycles. The first-order valence-corrected chi connectivity index (χ1v) is 7.66. The molecular formula is C16H19F3N2O3. The number of anilines is 1. The number of nitrogens with zero attached hydrogens (tertiary/aromatic N) is 1. The van der Waals surface area contributed by atoms with E-state index in [0.29, 0.717) is 19.4 Å². The lowest BCUT2D eigenvalue weighted by Gasteiger charge is -2.20. The highest BCUT2D eigenvalue weighted by molar-refractivity contribution is 5.99. The number of carbonyl (C=O) groups excluding carboxylic acids is 2. The van der Waals surface area contributed by atoms with Crippen LogP contribution in [0.3, 0.4) is 0 Å². The number of alkyl halides is 3. The number of aliphatic hydroxyl groups excluding tert-OH is 1. The number of halogens is 3. The van der Waals surface area contributed by atoms with Crippen LogP contribution in [0.4, 0.5) is 18.9 Å². The molecule has 132 valence electrons. The number of hydrogen-bond acceptors (Lipinski definition) is 3. The summed E-state index contributed by atoms with van der Waals surface area (Å²) in [4.78, 5) is 25.3. The summed E-state index contributed by atoms with van der Waals surface area (Å²) in [5.74, 6) is -0.927. The molecule has 0 aromatic heterocycles. The SMILES string of the molecule is CC(CCO)NC(=O)c1cc(N2CCCC2=O)cc(C(F)(F)F)c1. The van der Waals surface area contributed by atoms with E-state index in [9.17, 15) is 22.8 Å². The molecule has 2 N–H and O–H groups in total. The zero-order chi connectivity index (χ0) is 17.9. The van der Waals surface area contributed by atoms with E-state index in [2.05, 4.69) is 5.32 Å². The zero-order valence-corrected chi connectivity index (χ0v) is 13.2. The second kappa shape index (κ2) is 7.21. The Balaban J connectivity index is 2.36. The molecule has 0 bridgehead atoms. The van der Waals surface area contributed by atoms with Gasteiger partial charge >= 0.3 is 6.18 Å². The summed E-state index contributed by atoms with van der Waals surface area (Å²) in [5.41, 5.74) is -1.06. The maximum Gasteiger partial charge on any atom is 0.416 e. The quantitative estimate of drug-likeness (QED) is 0.861. The molecule has 24 heavy (non-hydrogen) atoms. The Hall–Kier alpha value is -2.09. The van der Waals surface area contributed by atoms with Crippen LogP contribution in [0, 0.1) is 0 Å². The third-order valence-corrected chi connectivity index (χ3v) is 3.83. The molecule has 5 nitrogen and oxygen atoms in total.